The quantitative estimate of drug-likeness (QED) is 0.817. The summed E-state index contributed by atoms with van der Waals surface area (Å²) in [4.78, 5) is 4.35. The molecule has 1 fully saturated rings. The van der Waals surface area contributed by atoms with Gasteiger partial charge < -0.3 is 5.32 Å². The van der Waals surface area contributed by atoms with E-state index in [0.717, 1.165) is 18.1 Å². The van der Waals surface area contributed by atoms with Gasteiger partial charge in [0.25, 0.3) is 0 Å². The number of nitrogens with zero attached hydrogens (tertiary/aromatic N) is 2. The Bertz CT molecular complexity index is 413. The summed E-state index contributed by atoms with van der Waals surface area (Å²) in [5, 5.41) is 12.1. The van der Waals surface area contributed by atoms with E-state index >= 15 is 0 Å². The van der Waals surface area contributed by atoms with E-state index in [0.29, 0.717) is 11.0 Å². The van der Waals surface area contributed by atoms with Crippen molar-refractivity contribution in [3.05, 3.63) is 23.4 Å². The van der Waals surface area contributed by atoms with Gasteiger partial charge in [-0.1, -0.05) is 6.92 Å². The van der Waals surface area contributed by atoms with Crippen molar-refractivity contribution in [2.45, 2.75) is 26.7 Å². The maximum atomic E-state index is 8.82. The van der Waals surface area contributed by atoms with Crippen molar-refractivity contribution in [2.24, 2.45) is 5.41 Å². The molecule has 78 valence electrons. The molecule has 2 rings (SSSR count). The third-order valence-electron chi connectivity index (χ3n) is 2.88. The molecule has 1 aliphatic carbocycles. The molecule has 0 atom stereocenters. The summed E-state index contributed by atoms with van der Waals surface area (Å²) in [7, 11) is 0. The summed E-state index contributed by atoms with van der Waals surface area (Å²) >= 11 is 0. The van der Waals surface area contributed by atoms with Gasteiger partial charge >= 0.3 is 0 Å². The van der Waals surface area contributed by atoms with E-state index in [1.807, 2.05) is 6.92 Å². The maximum absolute atomic E-state index is 8.82. The second kappa shape index (κ2) is 3.54. The Morgan fingerprint density at radius 2 is 2.27 bits per heavy atom. The minimum Gasteiger partial charge on any atom is -0.369 e. The molecule has 0 aromatic carbocycles. The predicted octanol–water partition coefficient (Wildman–Crippen LogP) is 2.47. The molecule has 1 N–H and O–H groups in total. The van der Waals surface area contributed by atoms with Crippen LogP contribution in [0, 0.1) is 23.7 Å². The van der Waals surface area contributed by atoms with Gasteiger partial charge in [-0.2, -0.15) is 5.26 Å². The summed E-state index contributed by atoms with van der Waals surface area (Å²) in [6.07, 6.45) is 2.58. The molecule has 0 radical (unpaired) electrons. The van der Waals surface area contributed by atoms with Gasteiger partial charge in [0.2, 0.25) is 0 Å². The Kier molecular flexibility index (Phi) is 2.36. The Morgan fingerprint density at radius 3 is 2.87 bits per heavy atom. The standard InChI is InChI=1S/C12H15N3/c1-9-5-10(7-13)6-11(15-9)14-8-12(2)3-4-12/h5-6H,3-4,8H2,1-2H3,(H,14,15). The van der Waals surface area contributed by atoms with E-state index in [2.05, 4.69) is 23.3 Å². The molecule has 1 saturated carbocycles. The van der Waals surface area contributed by atoms with Crippen LogP contribution in [0.4, 0.5) is 5.82 Å². The van der Waals surface area contributed by atoms with E-state index in [1.165, 1.54) is 12.8 Å². The van der Waals surface area contributed by atoms with Crippen LogP contribution in [0.2, 0.25) is 0 Å². The number of pyridine rings is 1. The Morgan fingerprint density at radius 1 is 1.53 bits per heavy atom. The zero-order valence-electron chi connectivity index (χ0n) is 9.17. The lowest BCUT2D eigenvalue weighted by molar-refractivity contribution is 0.609. The molecule has 1 heterocycles. The van der Waals surface area contributed by atoms with Gasteiger partial charge in [0, 0.05) is 12.2 Å². The van der Waals surface area contributed by atoms with Crippen LogP contribution in [0.3, 0.4) is 0 Å². The molecule has 1 aliphatic rings. The first kappa shape index (κ1) is 9.97. The van der Waals surface area contributed by atoms with Gasteiger partial charge in [-0.15, -0.1) is 0 Å². The van der Waals surface area contributed by atoms with Crippen LogP contribution in [0.15, 0.2) is 12.1 Å². The van der Waals surface area contributed by atoms with Crippen molar-refractivity contribution in [3.8, 4) is 6.07 Å². The van der Waals surface area contributed by atoms with Gasteiger partial charge in [-0.25, -0.2) is 4.98 Å². The maximum Gasteiger partial charge on any atom is 0.127 e. The fourth-order valence-corrected chi connectivity index (χ4v) is 1.52. The van der Waals surface area contributed by atoms with E-state index in [9.17, 15) is 0 Å². The third-order valence-corrected chi connectivity index (χ3v) is 2.88. The number of nitriles is 1. The average molecular weight is 201 g/mol. The molecule has 1 aromatic heterocycles. The molecule has 1 aromatic rings. The van der Waals surface area contributed by atoms with Gasteiger partial charge in [0.05, 0.1) is 11.6 Å². The second-order valence-electron chi connectivity index (χ2n) is 4.66. The smallest absolute Gasteiger partial charge is 0.127 e. The van der Waals surface area contributed by atoms with Crippen LogP contribution in [-0.4, -0.2) is 11.5 Å². The first-order chi connectivity index (χ1) is 7.11. The van der Waals surface area contributed by atoms with E-state index in [4.69, 9.17) is 5.26 Å². The van der Waals surface area contributed by atoms with Crippen molar-refractivity contribution in [3.63, 3.8) is 0 Å². The number of hydrogen-bond donors (Lipinski definition) is 1. The predicted molar refractivity (Wildman–Crippen MR) is 59.5 cm³/mol. The molecule has 0 unspecified atom stereocenters. The number of hydrogen-bond acceptors (Lipinski definition) is 3. The monoisotopic (exact) mass is 201 g/mol. The van der Waals surface area contributed by atoms with Crippen LogP contribution >= 0.6 is 0 Å². The summed E-state index contributed by atoms with van der Waals surface area (Å²) in [6, 6.07) is 5.74. The minimum absolute atomic E-state index is 0.457. The number of aryl methyl sites for hydroxylation is 1. The van der Waals surface area contributed by atoms with Crippen LogP contribution in [0.1, 0.15) is 31.0 Å². The third kappa shape index (κ3) is 2.47. The Hall–Kier alpha value is -1.56. The number of nitrogens with one attached hydrogen (secondary N) is 1. The molecule has 0 aliphatic heterocycles. The Balaban J connectivity index is 2.07. The van der Waals surface area contributed by atoms with Gasteiger partial charge in [-0.3, -0.25) is 0 Å². The van der Waals surface area contributed by atoms with E-state index in [-0.39, 0.29) is 0 Å². The topological polar surface area (TPSA) is 48.7 Å². The van der Waals surface area contributed by atoms with Crippen LogP contribution in [-0.2, 0) is 0 Å². The lowest BCUT2D eigenvalue weighted by Gasteiger charge is -2.11. The van der Waals surface area contributed by atoms with Gasteiger partial charge in [0.15, 0.2) is 0 Å². The molecule has 0 saturated heterocycles. The minimum atomic E-state index is 0.457. The highest BCUT2D eigenvalue weighted by Gasteiger charge is 2.36. The van der Waals surface area contributed by atoms with E-state index in [1.54, 1.807) is 12.1 Å². The van der Waals surface area contributed by atoms with Gasteiger partial charge in [0.1, 0.15) is 5.82 Å². The highest BCUT2D eigenvalue weighted by molar-refractivity contribution is 5.44. The van der Waals surface area contributed by atoms with Gasteiger partial charge in [-0.05, 0) is 37.3 Å². The number of anilines is 1. The fourth-order valence-electron chi connectivity index (χ4n) is 1.52. The zero-order valence-corrected chi connectivity index (χ0v) is 9.17. The first-order valence-corrected chi connectivity index (χ1v) is 5.24. The molecular weight excluding hydrogens is 186 g/mol. The molecule has 3 nitrogen and oxygen atoms in total. The molecule has 0 spiro atoms. The van der Waals surface area contributed by atoms with Crippen LogP contribution in [0.5, 0.6) is 0 Å². The lowest BCUT2D eigenvalue weighted by atomic mass is 10.1. The van der Waals surface area contributed by atoms with E-state index < -0.39 is 0 Å². The molecule has 0 amide bonds. The molecular formula is C12H15N3. The largest absolute Gasteiger partial charge is 0.369 e. The van der Waals surface area contributed by atoms with Crippen molar-refractivity contribution >= 4 is 5.82 Å². The second-order valence-corrected chi connectivity index (χ2v) is 4.66. The highest BCUT2D eigenvalue weighted by Crippen LogP contribution is 2.44. The van der Waals surface area contributed by atoms with Crippen LogP contribution < -0.4 is 5.32 Å². The SMILES string of the molecule is Cc1cc(C#N)cc(NCC2(C)CC2)n1. The highest BCUT2D eigenvalue weighted by atomic mass is 15.0. The number of rotatable bonds is 3. The fraction of sp³-hybridized carbons (Fsp3) is 0.500. The van der Waals surface area contributed by atoms with Crippen molar-refractivity contribution in [2.75, 3.05) is 11.9 Å². The lowest BCUT2D eigenvalue weighted by Crippen LogP contribution is -2.12. The average Bonchev–Trinajstić information content (AvgIpc) is 2.94. The van der Waals surface area contributed by atoms with Crippen molar-refractivity contribution < 1.29 is 0 Å². The van der Waals surface area contributed by atoms with Crippen LogP contribution in [0.25, 0.3) is 0 Å². The Labute approximate surface area is 90.1 Å². The summed E-state index contributed by atoms with van der Waals surface area (Å²) in [6.45, 7) is 5.13. The van der Waals surface area contributed by atoms with Crippen molar-refractivity contribution in [1.82, 2.24) is 4.98 Å². The zero-order chi connectivity index (χ0) is 10.9. The number of aromatic nitrogens is 1. The molecule has 3 heteroatoms. The molecule has 0 bridgehead atoms. The molecule has 15 heavy (non-hydrogen) atoms. The normalized spacial score (nSPS) is 16.9. The summed E-state index contributed by atoms with van der Waals surface area (Å²) in [5.41, 5.74) is 2.02. The summed E-state index contributed by atoms with van der Waals surface area (Å²) < 4.78 is 0. The van der Waals surface area contributed by atoms with Crippen molar-refractivity contribution in [1.29, 1.82) is 5.26 Å². The first-order valence-electron chi connectivity index (χ1n) is 5.24. The summed E-state index contributed by atoms with van der Waals surface area (Å²) in [5.74, 6) is 0.819.